The Hall–Kier alpha value is 0.400. The Labute approximate surface area is 114 Å². The van der Waals surface area contributed by atoms with Gasteiger partial charge in [0.05, 0.1) is 0 Å². The number of hydrogen-bond donors (Lipinski definition) is 0. The van der Waals surface area contributed by atoms with Gasteiger partial charge in [0, 0.05) is 31.6 Å². The second kappa shape index (κ2) is 6.53. The lowest BCUT2D eigenvalue weighted by Gasteiger charge is -2.41. The van der Waals surface area contributed by atoms with E-state index in [4.69, 9.17) is 4.74 Å². The summed E-state index contributed by atoms with van der Waals surface area (Å²) in [5.74, 6) is 0.988. The molecule has 2 fully saturated rings. The van der Waals surface area contributed by atoms with Crippen LogP contribution in [-0.4, -0.2) is 43.1 Å². The number of rotatable bonds is 6. The Kier molecular flexibility index (Phi) is 5.31. The molecule has 0 atom stereocenters. The third-order valence-corrected chi connectivity index (χ3v) is 5.77. The third-order valence-electron chi connectivity index (χ3n) is 4.58. The van der Waals surface area contributed by atoms with Gasteiger partial charge >= 0.3 is 0 Å². The summed E-state index contributed by atoms with van der Waals surface area (Å²) in [5.41, 5.74) is 0.470. The van der Waals surface area contributed by atoms with Gasteiger partial charge in [-0.3, -0.25) is 0 Å². The fraction of sp³-hybridized carbons (Fsp3) is 1.00. The molecule has 17 heavy (non-hydrogen) atoms. The van der Waals surface area contributed by atoms with Gasteiger partial charge in [0.2, 0.25) is 0 Å². The topological polar surface area (TPSA) is 12.5 Å². The molecule has 0 aromatic carbocycles. The molecule has 0 aromatic rings. The molecule has 2 aliphatic rings. The first-order chi connectivity index (χ1) is 8.28. The smallest absolute Gasteiger partial charge is 0.0472 e. The standard InChI is InChI=1S/C14H26BrNO/c1-2-16(10-13-4-3-5-13)12-14(11-15)6-8-17-9-7-14/h13H,2-12H2,1H3. The molecule has 1 heterocycles. The molecule has 1 saturated heterocycles. The molecule has 1 saturated carbocycles. The highest BCUT2D eigenvalue weighted by molar-refractivity contribution is 9.09. The van der Waals surface area contributed by atoms with E-state index < -0.39 is 0 Å². The van der Waals surface area contributed by atoms with Crippen molar-refractivity contribution in [1.82, 2.24) is 4.90 Å². The van der Waals surface area contributed by atoms with Crippen LogP contribution in [0.3, 0.4) is 0 Å². The second-order valence-electron chi connectivity index (χ2n) is 5.87. The molecule has 0 amide bonds. The first kappa shape index (κ1) is 13.8. The van der Waals surface area contributed by atoms with Crippen molar-refractivity contribution in [3.63, 3.8) is 0 Å². The number of halogens is 1. The molecule has 1 aliphatic carbocycles. The van der Waals surface area contributed by atoms with E-state index in [1.54, 1.807) is 0 Å². The van der Waals surface area contributed by atoms with Crippen molar-refractivity contribution >= 4 is 15.9 Å². The maximum atomic E-state index is 5.52. The van der Waals surface area contributed by atoms with Crippen LogP contribution < -0.4 is 0 Å². The summed E-state index contributed by atoms with van der Waals surface area (Å²) in [6.07, 6.45) is 6.82. The monoisotopic (exact) mass is 303 g/mol. The van der Waals surface area contributed by atoms with Crippen LogP contribution >= 0.6 is 15.9 Å². The third kappa shape index (κ3) is 3.68. The van der Waals surface area contributed by atoms with E-state index in [9.17, 15) is 0 Å². The van der Waals surface area contributed by atoms with Crippen LogP contribution in [0.4, 0.5) is 0 Å². The van der Waals surface area contributed by atoms with E-state index in [1.165, 1.54) is 51.7 Å². The van der Waals surface area contributed by atoms with Gasteiger partial charge in [-0.15, -0.1) is 0 Å². The first-order valence-electron chi connectivity index (χ1n) is 7.14. The lowest BCUT2D eigenvalue weighted by molar-refractivity contribution is 0.00450. The molecular formula is C14H26BrNO. The average Bonchev–Trinajstić information content (AvgIpc) is 2.33. The normalized spacial score (nSPS) is 24.9. The van der Waals surface area contributed by atoms with Gasteiger partial charge in [-0.1, -0.05) is 29.3 Å². The van der Waals surface area contributed by atoms with Crippen LogP contribution in [0.1, 0.15) is 39.0 Å². The summed E-state index contributed by atoms with van der Waals surface area (Å²) in [7, 11) is 0. The van der Waals surface area contributed by atoms with E-state index in [0.29, 0.717) is 5.41 Å². The minimum atomic E-state index is 0.470. The van der Waals surface area contributed by atoms with E-state index in [2.05, 4.69) is 27.8 Å². The Morgan fingerprint density at radius 2 is 2.00 bits per heavy atom. The maximum absolute atomic E-state index is 5.52. The number of hydrogen-bond acceptors (Lipinski definition) is 2. The van der Waals surface area contributed by atoms with Crippen molar-refractivity contribution in [2.45, 2.75) is 39.0 Å². The average molecular weight is 304 g/mol. The summed E-state index contributed by atoms with van der Waals surface area (Å²) >= 11 is 3.74. The number of alkyl halides is 1. The van der Waals surface area contributed by atoms with Gasteiger partial charge in [-0.05, 0) is 43.6 Å². The molecule has 0 bridgehead atoms. The van der Waals surface area contributed by atoms with Crippen LogP contribution in [0.15, 0.2) is 0 Å². The summed E-state index contributed by atoms with van der Waals surface area (Å²) in [4.78, 5) is 2.68. The minimum absolute atomic E-state index is 0.470. The van der Waals surface area contributed by atoms with Gasteiger partial charge in [0.25, 0.3) is 0 Å². The quantitative estimate of drug-likeness (QED) is 0.698. The molecule has 2 rings (SSSR count). The van der Waals surface area contributed by atoms with Gasteiger partial charge < -0.3 is 9.64 Å². The highest BCUT2D eigenvalue weighted by atomic mass is 79.9. The van der Waals surface area contributed by atoms with Crippen molar-refractivity contribution in [1.29, 1.82) is 0 Å². The van der Waals surface area contributed by atoms with Crippen molar-refractivity contribution < 1.29 is 4.74 Å². The van der Waals surface area contributed by atoms with Crippen molar-refractivity contribution in [3.8, 4) is 0 Å². The highest BCUT2D eigenvalue weighted by Gasteiger charge is 2.34. The summed E-state index contributed by atoms with van der Waals surface area (Å²) in [6.45, 7) is 7.99. The van der Waals surface area contributed by atoms with Crippen LogP contribution in [0.25, 0.3) is 0 Å². The molecule has 0 unspecified atom stereocenters. The van der Waals surface area contributed by atoms with Gasteiger partial charge in [-0.25, -0.2) is 0 Å². The second-order valence-corrected chi connectivity index (χ2v) is 6.43. The fourth-order valence-corrected chi connectivity index (χ4v) is 3.70. The Bertz CT molecular complexity index is 224. The van der Waals surface area contributed by atoms with Crippen molar-refractivity contribution in [2.24, 2.45) is 11.3 Å². The first-order valence-corrected chi connectivity index (χ1v) is 8.26. The van der Waals surface area contributed by atoms with Crippen LogP contribution in [0.5, 0.6) is 0 Å². The molecule has 0 spiro atoms. The van der Waals surface area contributed by atoms with E-state index in [1.807, 2.05) is 0 Å². The van der Waals surface area contributed by atoms with Gasteiger partial charge in [0.15, 0.2) is 0 Å². The SMILES string of the molecule is CCN(CC1CCC1)CC1(CBr)CCOCC1. The lowest BCUT2D eigenvalue weighted by Crippen LogP contribution is -2.44. The summed E-state index contributed by atoms with van der Waals surface area (Å²) in [6, 6.07) is 0. The zero-order valence-corrected chi connectivity index (χ0v) is 12.7. The van der Waals surface area contributed by atoms with Crippen LogP contribution in [0.2, 0.25) is 0 Å². The molecule has 0 N–H and O–H groups in total. The largest absolute Gasteiger partial charge is 0.381 e. The fourth-order valence-electron chi connectivity index (χ4n) is 2.96. The predicted octanol–water partition coefficient (Wildman–Crippen LogP) is 3.30. The van der Waals surface area contributed by atoms with Crippen LogP contribution in [-0.2, 0) is 4.74 Å². The summed E-state index contributed by atoms with van der Waals surface area (Å²) < 4.78 is 5.52. The molecule has 1 aliphatic heterocycles. The maximum Gasteiger partial charge on any atom is 0.0472 e. The minimum Gasteiger partial charge on any atom is -0.381 e. The van der Waals surface area contributed by atoms with Crippen molar-refractivity contribution in [2.75, 3.05) is 38.2 Å². The zero-order valence-electron chi connectivity index (χ0n) is 11.1. The molecule has 0 aromatic heterocycles. The molecule has 100 valence electrons. The summed E-state index contributed by atoms with van der Waals surface area (Å²) in [5, 5.41) is 1.13. The van der Waals surface area contributed by atoms with Gasteiger partial charge in [0.1, 0.15) is 0 Å². The Balaban J connectivity index is 1.85. The Morgan fingerprint density at radius 1 is 1.29 bits per heavy atom. The predicted molar refractivity (Wildman–Crippen MR) is 75.7 cm³/mol. The lowest BCUT2D eigenvalue weighted by atomic mass is 9.80. The number of nitrogens with zero attached hydrogens (tertiary/aromatic N) is 1. The van der Waals surface area contributed by atoms with Crippen molar-refractivity contribution in [3.05, 3.63) is 0 Å². The van der Waals surface area contributed by atoms with E-state index in [0.717, 1.165) is 24.5 Å². The van der Waals surface area contributed by atoms with E-state index >= 15 is 0 Å². The van der Waals surface area contributed by atoms with Gasteiger partial charge in [-0.2, -0.15) is 0 Å². The molecule has 0 radical (unpaired) electrons. The molecule has 2 nitrogen and oxygen atoms in total. The van der Waals surface area contributed by atoms with Crippen LogP contribution in [0, 0.1) is 11.3 Å². The zero-order chi connectivity index (χ0) is 12.1. The Morgan fingerprint density at radius 3 is 2.47 bits per heavy atom. The number of ether oxygens (including phenoxy) is 1. The molecule has 3 heteroatoms. The highest BCUT2D eigenvalue weighted by Crippen LogP contribution is 2.35. The molecular weight excluding hydrogens is 278 g/mol. The van der Waals surface area contributed by atoms with E-state index in [-0.39, 0.29) is 0 Å².